The van der Waals surface area contributed by atoms with E-state index in [1.807, 2.05) is 0 Å². The average molecular weight is 262 g/mol. The van der Waals surface area contributed by atoms with Gasteiger partial charge in [-0.2, -0.15) is 0 Å². The summed E-state index contributed by atoms with van der Waals surface area (Å²) in [6.07, 6.45) is 0. The van der Waals surface area contributed by atoms with Crippen molar-refractivity contribution in [2.24, 2.45) is 0 Å². The van der Waals surface area contributed by atoms with E-state index in [0.29, 0.717) is 5.06 Å². The first-order valence-corrected chi connectivity index (χ1v) is 5.48. The van der Waals surface area contributed by atoms with Crippen LogP contribution in [0.1, 0.15) is 31.1 Å². The number of halogens is 2. The van der Waals surface area contributed by atoms with E-state index in [1.165, 1.54) is 0 Å². The summed E-state index contributed by atoms with van der Waals surface area (Å²) in [4.78, 5) is 11.9. The minimum Gasteiger partial charge on any atom is -0.285 e. The number of hydroxylamine groups is 2. The third kappa shape index (κ3) is 2.67. The van der Waals surface area contributed by atoms with Gasteiger partial charge < -0.3 is 0 Å². The fourth-order valence-electron chi connectivity index (χ4n) is 1.11. The van der Waals surface area contributed by atoms with Gasteiger partial charge in [-0.3, -0.25) is 10.0 Å². The molecule has 88 valence electrons. The van der Waals surface area contributed by atoms with Crippen LogP contribution in [0.25, 0.3) is 0 Å². The summed E-state index contributed by atoms with van der Waals surface area (Å²) in [6.45, 7) is 5.11. The molecule has 16 heavy (non-hydrogen) atoms. The van der Waals surface area contributed by atoms with Crippen LogP contribution in [-0.4, -0.2) is 21.7 Å². The Bertz CT molecular complexity index is 393. The number of carbonyl (C=O) groups is 1. The van der Waals surface area contributed by atoms with Crippen LogP contribution in [0.5, 0.6) is 0 Å². The van der Waals surface area contributed by atoms with Crippen LogP contribution in [0.3, 0.4) is 0 Å². The Kier molecular flexibility index (Phi) is 3.84. The molecular formula is C11H13Cl2NO2. The van der Waals surface area contributed by atoms with Crippen molar-refractivity contribution in [3.63, 3.8) is 0 Å². The Morgan fingerprint density at radius 2 is 1.69 bits per heavy atom. The van der Waals surface area contributed by atoms with E-state index in [2.05, 4.69) is 0 Å². The molecule has 0 saturated heterocycles. The van der Waals surface area contributed by atoms with E-state index >= 15 is 0 Å². The van der Waals surface area contributed by atoms with Gasteiger partial charge in [0.15, 0.2) is 0 Å². The quantitative estimate of drug-likeness (QED) is 0.620. The highest BCUT2D eigenvalue weighted by molar-refractivity contribution is 6.39. The Balaban J connectivity index is 3.16. The summed E-state index contributed by atoms with van der Waals surface area (Å²) in [6, 6.07) is 4.74. The average Bonchev–Trinajstić information content (AvgIpc) is 2.14. The molecular weight excluding hydrogens is 249 g/mol. The van der Waals surface area contributed by atoms with Gasteiger partial charge in [0.2, 0.25) is 0 Å². The summed E-state index contributed by atoms with van der Waals surface area (Å²) < 4.78 is 0. The highest BCUT2D eigenvalue weighted by Gasteiger charge is 2.28. The minimum absolute atomic E-state index is 0.114. The molecule has 0 unspecified atom stereocenters. The fourth-order valence-corrected chi connectivity index (χ4v) is 1.67. The molecule has 0 fully saturated rings. The molecule has 0 heterocycles. The van der Waals surface area contributed by atoms with Gasteiger partial charge in [0.1, 0.15) is 0 Å². The van der Waals surface area contributed by atoms with Crippen LogP contribution in [-0.2, 0) is 0 Å². The van der Waals surface area contributed by atoms with Gasteiger partial charge in [0.25, 0.3) is 5.91 Å². The highest BCUT2D eigenvalue weighted by Crippen LogP contribution is 2.27. The van der Waals surface area contributed by atoms with Crippen molar-refractivity contribution in [3.05, 3.63) is 33.8 Å². The first kappa shape index (κ1) is 13.3. The maximum Gasteiger partial charge on any atom is 0.280 e. The van der Waals surface area contributed by atoms with Crippen molar-refractivity contribution < 1.29 is 10.0 Å². The lowest BCUT2D eigenvalue weighted by Gasteiger charge is -2.29. The van der Waals surface area contributed by atoms with Gasteiger partial charge in [-0.25, -0.2) is 5.06 Å². The molecule has 0 aliphatic heterocycles. The van der Waals surface area contributed by atoms with Crippen molar-refractivity contribution in [1.29, 1.82) is 0 Å². The Hall–Kier alpha value is -0.770. The molecule has 0 atom stereocenters. The molecule has 3 nitrogen and oxygen atoms in total. The molecule has 1 N–H and O–H groups in total. The monoisotopic (exact) mass is 261 g/mol. The normalized spacial score (nSPS) is 11.4. The number of nitrogens with zero attached hydrogens (tertiary/aromatic N) is 1. The number of carbonyl (C=O) groups excluding carboxylic acids is 1. The molecule has 0 aromatic heterocycles. The third-order valence-corrected chi connectivity index (χ3v) is 2.63. The number of amides is 1. The molecule has 1 rings (SSSR count). The van der Waals surface area contributed by atoms with Crippen molar-refractivity contribution in [2.45, 2.75) is 26.3 Å². The molecule has 5 heteroatoms. The number of rotatable bonds is 1. The Labute approximate surface area is 105 Å². The molecule has 1 aromatic rings. The van der Waals surface area contributed by atoms with Crippen LogP contribution in [0.4, 0.5) is 0 Å². The predicted octanol–water partition coefficient (Wildman–Crippen LogP) is 3.62. The highest BCUT2D eigenvalue weighted by atomic mass is 35.5. The zero-order valence-electron chi connectivity index (χ0n) is 9.29. The molecule has 1 aromatic carbocycles. The van der Waals surface area contributed by atoms with E-state index in [0.717, 1.165) is 0 Å². The Morgan fingerprint density at radius 1 is 1.25 bits per heavy atom. The van der Waals surface area contributed by atoms with Crippen LogP contribution in [0.2, 0.25) is 10.0 Å². The van der Waals surface area contributed by atoms with Crippen molar-refractivity contribution >= 4 is 29.1 Å². The molecule has 0 bridgehead atoms. The largest absolute Gasteiger partial charge is 0.285 e. The number of hydrogen-bond donors (Lipinski definition) is 1. The predicted molar refractivity (Wildman–Crippen MR) is 64.2 cm³/mol. The molecule has 0 saturated carbocycles. The zero-order chi connectivity index (χ0) is 12.5. The summed E-state index contributed by atoms with van der Waals surface area (Å²) in [5.74, 6) is -0.608. The molecule has 0 aliphatic rings. The first-order valence-electron chi connectivity index (χ1n) is 4.72. The Morgan fingerprint density at radius 3 is 2.06 bits per heavy atom. The van der Waals surface area contributed by atoms with Crippen LogP contribution >= 0.6 is 23.2 Å². The lowest BCUT2D eigenvalue weighted by molar-refractivity contribution is -0.114. The van der Waals surface area contributed by atoms with Gasteiger partial charge >= 0.3 is 0 Å². The summed E-state index contributed by atoms with van der Waals surface area (Å²) in [5, 5.41) is 10.8. The lowest BCUT2D eigenvalue weighted by atomic mass is 10.1. The second kappa shape index (κ2) is 4.62. The molecule has 1 amide bonds. The topological polar surface area (TPSA) is 40.5 Å². The summed E-state index contributed by atoms with van der Waals surface area (Å²) in [5.41, 5.74) is -0.595. The second-order valence-electron chi connectivity index (χ2n) is 4.38. The lowest BCUT2D eigenvalue weighted by Crippen LogP contribution is -2.43. The second-order valence-corrected chi connectivity index (χ2v) is 5.20. The summed E-state index contributed by atoms with van der Waals surface area (Å²) in [7, 11) is 0. The summed E-state index contributed by atoms with van der Waals surface area (Å²) >= 11 is 11.8. The SMILES string of the molecule is CC(C)(C)N(O)C(=O)c1c(Cl)cccc1Cl. The van der Waals surface area contributed by atoms with Crippen molar-refractivity contribution in [2.75, 3.05) is 0 Å². The zero-order valence-corrected chi connectivity index (χ0v) is 10.8. The standard InChI is InChI=1S/C11H13Cl2NO2/c1-11(2,3)14(16)10(15)9-7(12)5-4-6-8(9)13/h4-6,16H,1-3H3. The van der Waals surface area contributed by atoms with Gasteiger partial charge in [-0.15, -0.1) is 0 Å². The van der Waals surface area contributed by atoms with Gasteiger partial charge in [-0.1, -0.05) is 29.3 Å². The van der Waals surface area contributed by atoms with Crippen LogP contribution in [0, 0.1) is 0 Å². The molecule has 0 radical (unpaired) electrons. The maximum absolute atomic E-state index is 11.9. The van der Waals surface area contributed by atoms with E-state index in [1.54, 1.807) is 39.0 Å². The minimum atomic E-state index is -0.709. The molecule has 0 aliphatic carbocycles. The number of hydrogen-bond acceptors (Lipinski definition) is 2. The number of benzene rings is 1. The van der Waals surface area contributed by atoms with E-state index in [9.17, 15) is 10.0 Å². The van der Waals surface area contributed by atoms with Crippen LogP contribution in [0.15, 0.2) is 18.2 Å². The smallest absolute Gasteiger partial charge is 0.280 e. The van der Waals surface area contributed by atoms with Gasteiger partial charge in [-0.05, 0) is 32.9 Å². The van der Waals surface area contributed by atoms with E-state index < -0.39 is 11.4 Å². The van der Waals surface area contributed by atoms with Gasteiger partial charge in [0, 0.05) is 0 Å². The molecule has 0 spiro atoms. The van der Waals surface area contributed by atoms with Gasteiger partial charge in [0.05, 0.1) is 21.1 Å². The fraction of sp³-hybridized carbons (Fsp3) is 0.364. The first-order chi connectivity index (χ1) is 7.25. The van der Waals surface area contributed by atoms with Crippen LogP contribution < -0.4 is 0 Å². The maximum atomic E-state index is 11.9. The van der Waals surface area contributed by atoms with E-state index in [4.69, 9.17) is 23.2 Å². The van der Waals surface area contributed by atoms with Crippen molar-refractivity contribution in [3.8, 4) is 0 Å². The van der Waals surface area contributed by atoms with Crippen molar-refractivity contribution in [1.82, 2.24) is 5.06 Å². The van der Waals surface area contributed by atoms with E-state index in [-0.39, 0.29) is 15.6 Å². The third-order valence-electron chi connectivity index (χ3n) is 2.00.